The molecule has 4 atom stereocenters. The van der Waals surface area contributed by atoms with Crippen LogP contribution in [0.15, 0.2) is 66.7 Å². The van der Waals surface area contributed by atoms with E-state index in [4.69, 9.17) is 9.47 Å². The molecule has 3 aliphatic heterocycles. The maximum atomic E-state index is 13.7. The normalized spacial score (nSPS) is 28.5. The average molecular weight is 500 g/mol. The fourth-order valence-electron chi connectivity index (χ4n) is 6.81. The van der Waals surface area contributed by atoms with Gasteiger partial charge < -0.3 is 19.5 Å². The number of amides is 1. The molecule has 0 unspecified atom stereocenters. The highest BCUT2D eigenvalue weighted by Crippen LogP contribution is 2.55. The maximum absolute atomic E-state index is 13.7. The van der Waals surface area contributed by atoms with Crippen LogP contribution in [-0.4, -0.2) is 46.2 Å². The van der Waals surface area contributed by atoms with E-state index < -0.39 is 17.1 Å². The second-order valence-corrected chi connectivity index (χ2v) is 11.1. The lowest BCUT2D eigenvalue weighted by Gasteiger charge is -2.54. The molecule has 0 bridgehead atoms. The Morgan fingerprint density at radius 3 is 2.68 bits per heavy atom. The van der Waals surface area contributed by atoms with Crippen molar-refractivity contribution >= 4 is 22.6 Å². The minimum atomic E-state index is -0.834. The number of benzene rings is 3. The number of likely N-dealkylation sites (tertiary alicyclic amines) is 1. The summed E-state index contributed by atoms with van der Waals surface area (Å²) in [5, 5.41) is 11.7. The highest BCUT2D eigenvalue weighted by Gasteiger charge is 2.57. The largest absolute Gasteiger partial charge is 0.487 e. The molecular weight excluding hydrogens is 466 g/mol. The minimum Gasteiger partial charge on any atom is -0.487 e. The van der Waals surface area contributed by atoms with Crippen molar-refractivity contribution in [2.45, 2.75) is 62.7 Å². The number of carbonyl (C=O) groups excluding carboxylic acids is 1. The Morgan fingerprint density at radius 1 is 1.05 bits per heavy atom. The number of fused-ring (bicyclic) bond motifs is 4. The Labute approximate surface area is 217 Å². The molecule has 6 nitrogen and oxygen atoms in total. The predicted octanol–water partition coefficient (Wildman–Crippen LogP) is 5.54. The number of hydrogen-bond acceptors (Lipinski definition) is 4. The minimum absolute atomic E-state index is 0.0273. The summed E-state index contributed by atoms with van der Waals surface area (Å²) in [4.78, 5) is 27.3. The number of carbonyl (C=O) groups is 2. The molecule has 6 rings (SSSR count). The van der Waals surface area contributed by atoms with Crippen LogP contribution in [-0.2, 0) is 20.7 Å². The summed E-state index contributed by atoms with van der Waals surface area (Å²) >= 11 is 0. The van der Waals surface area contributed by atoms with Crippen LogP contribution in [0.4, 0.5) is 0 Å². The Hall–Kier alpha value is -3.38. The first-order valence-corrected chi connectivity index (χ1v) is 13.3. The molecule has 3 heterocycles. The van der Waals surface area contributed by atoms with Crippen LogP contribution in [0.3, 0.4) is 0 Å². The molecule has 3 aromatic rings. The van der Waals surface area contributed by atoms with Gasteiger partial charge in [0, 0.05) is 24.4 Å². The zero-order chi connectivity index (χ0) is 25.6. The van der Waals surface area contributed by atoms with Gasteiger partial charge in [0.05, 0.1) is 24.7 Å². The number of nitrogens with zero attached hydrogens (tertiary/aromatic N) is 1. The average Bonchev–Trinajstić information content (AvgIpc) is 3.30. The van der Waals surface area contributed by atoms with Crippen LogP contribution in [0.2, 0.25) is 0 Å². The van der Waals surface area contributed by atoms with Gasteiger partial charge in [0.25, 0.3) is 0 Å². The molecule has 1 spiro atoms. The van der Waals surface area contributed by atoms with E-state index in [0.717, 1.165) is 48.1 Å². The van der Waals surface area contributed by atoms with Crippen LogP contribution in [0.5, 0.6) is 5.75 Å². The molecule has 1 amide bonds. The quantitative estimate of drug-likeness (QED) is 0.499. The molecule has 3 aromatic carbocycles. The first-order valence-electron chi connectivity index (χ1n) is 13.3. The van der Waals surface area contributed by atoms with Gasteiger partial charge in [0.2, 0.25) is 5.91 Å². The van der Waals surface area contributed by atoms with Crippen molar-refractivity contribution in [3.05, 3.63) is 77.9 Å². The van der Waals surface area contributed by atoms with Crippen molar-refractivity contribution < 1.29 is 24.2 Å². The molecule has 2 fully saturated rings. The van der Waals surface area contributed by atoms with Crippen molar-refractivity contribution in [3.63, 3.8) is 0 Å². The fourth-order valence-corrected chi connectivity index (χ4v) is 6.81. The van der Waals surface area contributed by atoms with Crippen molar-refractivity contribution in [2.75, 3.05) is 13.2 Å². The Bertz CT molecular complexity index is 1350. The summed E-state index contributed by atoms with van der Waals surface area (Å²) in [5.41, 5.74) is 0.944. The summed E-state index contributed by atoms with van der Waals surface area (Å²) in [6.45, 7) is 3.22. The molecular formula is C31H33NO5. The number of carboxylic acids is 1. The van der Waals surface area contributed by atoms with Gasteiger partial charge in [-0.2, -0.15) is 0 Å². The highest BCUT2D eigenvalue weighted by molar-refractivity contribution is 5.85. The van der Waals surface area contributed by atoms with E-state index in [-0.39, 0.29) is 24.3 Å². The lowest BCUT2D eigenvalue weighted by Crippen LogP contribution is -2.60. The molecule has 0 aliphatic carbocycles. The van der Waals surface area contributed by atoms with Crippen molar-refractivity contribution in [3.8, 4) is 5.75 Å². The topological polar surface area (TPSA) is 76.1 Å². The number of para-hydroxylation sites is 1. The molecule has 6 heteroatoms. The van der Waals surface area contributed by atoms with E-state index in [2.05, 4.69) is 29.2 Å². The van der Waals surface area contributed by atoms with Gasteiger partial charge in [-0.25, -0.2) is 0 Å². The molecule has 192 valence electrons. The second kappa shape index (κ2) is 9.18. The van der Waals surface area contributed by atoms with Gasteiger partial charge >= 0.3 is 5.97 Å². The van der Waals surface area contributed by atoms with E-state index >= 15 is 0 Å². The molecule has 2 saturated heterocycles. The molecule has 0 aromatic heterocycles. The van der Waals surface area contributed by atoms with Gasteiger partial charge in [-0.1, -0.05) is 60.7 Å². The van der Waals surface area contributed by atoms with E-state index in [1.54, 1.807) is 0 Å². The number of aliphatic carboxylic acids is 1. The second-order valence-electron chi connectivity index (χ2n) is 11.1. The van der Waals surface area contributed by atoms with Crippen LogP contribution >= 0.6 is 0 Å². The van der Waals surface area contributed by atoms with Crippen LogP contribution in [0, 0.1) is 5.92 Å². The van der Waals surface area contributed by atoms with Gasteiger partial charge in [-0.3, -0.25) is 9.59 Å². The smallest absolute Gasteiger partial charge is 0.303 e. The summed E-state index contributed by atoms with van der Waals surface area (Å²) in [7, 11) is 0. The van der Waals surface area contributed by atoms with Crippen LogP contribution < -0.4 is 4.74 Å². The molecule has 0 radical (unpaired) electrons. The fraction of sp³-hybridized carbons (Fsp3) is 0.419. The SMILES string of the molecule is C[C@@]1(CCC(=O)O)Oc2ccccc2[C@@H]2OC[C@]3(CCCN3C(=O)Cc3ccc4ccccc4c3)C[C@H]21. The molecule has 3 aliphatic rings. The van der Waals surface area contributed by atoms with Gasteiger partial charge in [-0.15, -0.1) is 0 Å². The van der Waals surface area contributed by atoms with E-state index in [0.29, 0.717) is 19.4 Å². The summed E-state index contributed by atoms with van der Waals surface area (Å²) in [5.74, 6) is 0.00625. The van der Waals surface area contributed by atoms with Gasteiger partial charge in [0.1, 0.15) is 11.4 Å². The molecule has 0 saturated carbocycles. The van der Waals surface area contributed by atoms with Crippen molar-refractivity contribution in [1.29, 1.82) is 0 Å². The Morgan fingerprint density at radius 2 is 1.84 bits per heavy atom. The van der Waals surface area contributed by atoms with Crippen molar-refractivity contribution in [2.24, 2.45) is 5.92 Å². The van der Waals surface area contributed by atoms with E-state index in [1.165, 1.54) is 5.39 Å². The zero-order valence-electron chi connectivity index (χ0n) is 21.2. The van der Waals surface area contributed by atoms with E-state index in [9.17, 15) is 14.7 Å². The standard InChI is InChI=1S/C31H33NO5/c1-30(15-13-28(34)35)25-19-31(20-36-29(25)24-9-4-5-10-26(24)37-30)14-6-16-32(31)27(33)18-21-11-12-22-7-2-3-8-23(22)17-21/h2-5,7-12,17,25,29H,6,13-16,18-20H2,1H3,(H,34,35)/t25-,29+,30+,31+/m1/s1. The number of ether oxygens (including phenoxy) is 2. The first kappa shape index (κ1) is 24.0. The number of rotatable bonds is 5. The van der Waals surface area contributed by atoms with Gasteiger partial charge in [0.15, 0.2) is 0 Å². The van der Waals surface area contributed by atoms with Crippen molar-refractivity contribution in [1.82, 2.24) is 4.90 Å². The zero-order valence-corrected chi connectivity index (χ0v) is 21.2. The predicted molar refractivity (Wildman–Crippen MR) is 140 cm³/mol. The summed E-state index contributed by atoms with van der Waals surface area (Å²) in [6.07, 6.45) is 3.17. The monoisotopic (exact) mass is 499 g/mol. The lowest BCUT2D eigenvalue weighted by molar-refractivity contribution is -0.179. The number of carboxylic acid groups (broad SMARTS) is 1. The molecule has 37 heavy (non-hydrogen) atoms. The van der Waals surface area contributed by atoms with Crippen LogP contribution in [0.25, 0.3) is 10.8 Å². The molecule has 1 N–H and O–H groups in total. The number of hydrogen-bond donors (Lipinski definition) is 1. The third-order valence-electron chi connectivity index (χ3n) is 8.75. The van der Waals surface area contributed by atoms with Gasteiger partial charge in [-0.05, 0) is 55.0 Å². The summed E-state index contributed by atoms with van der Waals surface area (Å²) in [6, 6.07) is 22.3. The third kappa shape index (κ3) is 4.27. The maximum Gasteiger partial charge on any atom is 0.303 e. The van der Waals surface area contributed by atoms with E-state index in [1.807, 2.05) is 49.4 Å². The highest BCUT2D eigenvalue weighted by atomic mass is 16.5. The van der Waals surface area contributed by atoms with Crippen LogP contribution in [0.1, 0.15) is 56.3 Å². The third-order valence-corrected chi connectivity index (χ3v) is 8.75. The Kier molecular flexibility index (Phi) is 5.95. The first-order chi connectivity index (χ1) is 17.9. The lowest BCUT2D eigenvalue weighted by atomic mass is 9.68. The Balaban J connectivity index is 1.28. The summed E-state index contributed by atoms with van der Waals surface area (Å²) < 4.78 is 13.1.